The summed E-state index contributed by atoms with van der Waals surface area (Å²) in [6.45, 7) is 5.84. The highest BCUT2D eigenvalue weighted by molar-refractivity contribution is 9.10. The molecule has 1 aliphatic rings. The van der Waals surface area contributed by atoms with Gasteiger partial charge in [0.1, 0.15) is 0 Å². The SMILES string of the molecule is CCC1(CC)CCCN(C(=O)c2cccc3cccnc23)C1CNc1ncc(Br)cn1. The van der Waals surface area contributed by atoms with Gasteiger partial charge in [0.25, 0.3) is 5.91 Å². The summed E-state index contributed by atoms with van der Waals surface area (Å²) in [4.78, 5) is 29.1. The average Bonchev–Trinajstić information content (AvgIpc) is 2.82. The summed E-state index contributed by atoms with van der Waals surface area (Å²) in [6, 6.07) is 9.80. The lowest BCUT2D eigenvalue weighted by Gasteiger charge is -2.50. The van der Waals surface area contributed by atoms with Gasteiger partial charge in [-0.05, 0) is 59.2 Å². The smallest absolute Gasteiger partial charge is 0.256 e. The first kappa shape index (κ1) is 21.7. The summed E-state index contributed by atoms with van der Waals surface area (Å²) in [7, 11) is 0. The van der Waals surface area contributed by atoms with E-state index in [4.69, 9.17) is 0 Å². The number of nitrogens with zero attached hydrogens (tertiary/aromatic N) is 4. The number of benzene rings is 1. The Balaban J connectivity index is 1.67. The van der Waals surface area contributed by atoms with Crippen LogP contribution < -0.4 is 5.32 Å². The minimum Gasteiger partial charge on any atom is -0.352 e. The first-order valence-corrected chi connectivity index (χ1v) is 11.7. The average molecular weight is 482 g/mol. The Bertz CT molecular complexity index is 1050. The van der Waals surface area contributed by atoms with Crippen LogP contribution in [-0.2, 0) is 0 Å². The van der Waals surface area contributed by atoms with Gasteiger partial charge in [0.2, 0.25) is 5.95 Å². The van der Waals surface area contributed by atoms with Crippen molar-refractivity contribution >= 4 is 38.7 Å². The van der Waals surface area contributed by atoms with Crippen LogP contribution in [0.5, 0.6) is 0 Å². The number of hydrogen-bond acceptors (Lipinski definition) is 5. The van der Waals surface area contributed by atoms with Gasteiger partial charge in [0, 0.05) is 37.1 Å². The minimum atomic E-state index is 0.0509. The first-order chi connectivity index (χ1) is 15.1. The van der Waals surface area contributed by atoms with Crippen molar-refractivity contribution in [3.8, 4) is 0 Å². The van der Waals surface area contributed by atoms with Crippen molar-refractivity contribution in [3.05, 3.63) is 59.0 Å². The van der Waals surface area contributed by atoms with Crippen LogP contribution in [0.25, 0.3) is 10.9 Å². The van der Waals surface area contributed by atoms with Crippen molar-refractivity contribution in [3.63, 3.8) is 0 Å². The number of fused-ring (bicyclic) bond motifs is 1. The number of amides is 1. The largest absolute Gasteiger partial charge is 0.352 e. The second kappa shape index (κ2) is 9.30. The van der Waals surface area contributed by atoms with Crippen LogP contribution in [0.4, 0.5) is 5.95 Å². The van der Waals surface area contributed by atoms with Gasteiger partial charge in [-0.1, -0.05) is 32.0 Å². The Morgan fingerprint density at radius 2 is 1.90 bits per heavy atom. The lowest BCUT2D eigenvalue weighted by molar-refractivity contribution is 0.0138. The molecule has 1 fully saturated rings. The number of piperidine rings is 1. The number of rotatable bonds is 6. The van der Waals surface area contributed by atoms with E-state index in [2.05, 4.69) is 54.9 Å². The van der Waals surface area contributed by atoms with Crippen molar-refractivity contribution in [2.75, 3.05) is 18.4 Å². The third kappa shape index (κ3) is 4.28. The molecule has 7 heteroatoms. The van der Waals surface area contributed by atoms with E-state index >= 15 is 0 Å². The number of likely N-dealkylation sites (tertiary alicyclic amines) is 1. The normalized spacial score (nSPS) is 18.2. The maximum atomic E-state index is 13.8. The molecule has 1 aliphatic heterocycles. The molecule has 2 aromatic heterocycles. The summed E-state index contributed by atoms with van der Waals surface area (Å²) in [5.41, 5.74) is 1.50. The summed E-state index contributed by atoms with van der Waals surface area (Å²) in [5, 5.41) is 4.37. The van der Waals surface area contributed by atoms with Gasteiger partial charge in [-0.25, -0.2) is 9.97 Å². The van der Waals surface area contributed by atoms with Gasteiger partial charge in [-0.2, -0.15) is 0 Å². The zero-order valence-electron chi connectivity index (χ0n) is 18.0. The molecule has 31 heavy (non-hydrogen) atoms. The van der Waals surface area contributed by atoms with E-state index in [1.165, 1.54) is 0 Å². The molecule has 1 saturated heterocycles. The molecule has 0 spiro atoms. The number of carbonyl (C=O) groups excluding carboxylic acids is 1. The van der Waals surface area contributed by atoms with Crippen LogP contribution >= 0.6 is 15.9 Å². The van der Waals surface area contributed by atoms with E-state index in [1.807, 2.05) is 30.3 Å². The standard InChI is InChI=1S/C24H28BrN5O/c1-3-24(4-2)11-7-13-30(20(24)16-29-23-27-14-18(25)15-28-23)22(31)19-10-5-8-17-9-6-12-26-21(17)19/h5-6,8-10,12,14-15,20H,3-4,7,11,13,16H2,1-2H3,(H,27,28,29). The third-order valence-corrected chi connectivity index (χ3v) is 7.17. The number of hydrogen-bond donors (Lipinski definition) is 1. The summed E-state index contributed by atoms with van der Waals surface area (Å²) in [6.07, 6.45) is 9.38. The van der Waals surface area contributed by atoms with E-state index in [1.54, 1.807) is 18.6 Å². The monoisotopic (exact) mass is 481 g/mol. The molecule has 6 nitrogen and oxygen atoms in total. The number of nitrogens with one attached hydrogen (secondary N) is 1. The van der Waals surface area contributed by atoms with E-state index in [0.717, 1.165) is 47.6 Å². The van der Waals surface area contributed by atoms with Gasteiger partial charge in [-0.15, -0.1) is 0 Å². The molecule has 1 aromatic carbocycles. The number of para-hydroxylation sites is 1. The fourth-order valence-electron chi connectivity index (χ4n) is 4.92. The second-order valence-electron chi connectivity index (χ2n) is 8.17. The maximum absolute atomic E-state index is 13.8. The highest BCUT2D eigenvalue weighted by Gasteiger charge is 2.44. The molecule has 1 unspecified atom stereocenters. The van der Waals surface area contributed by atoms with Crippen LogP contribution in [0.3, 0.4) is 0 Å². The molecule has 1 atom stereocenters. The molecule has 3 heterocycles. The van der Waals surface area contributed by atoms with E-state index in [0.29, 0.717) is 18.1 Å². The molecule has 1 N–H and O–H groups in total. The lowest BCUT2D eigenvalue weighted by atomic mass is 9.69. The summed E-state index contributed by atoms with van der Waals surface area (Å²) >= 11 is 3.38. The van der Waals surface area contributed by atoms with Crippen LogP contribution in [0.2, 0.25) is 0 Å². The Kier molecular flexibility index (Phi) is 6.51. The van der Waals surface area contributed by atoms with Crippen LogP contribution in [0.1, 0.15) is 49.9 Å². The molecule has 162 valence electrons. The predicted octanol–water partition coefficient (Wildman–Crippen LogP) is 5.31. The molecule has 0 bridgehead atoms. The summed E-state index contributed by atoms with van der Waals surface area (Å²) < 4.78 is 0.840. The quantitative estimate of drug-likeness (QED) is 0.516. The Morgan fingerprint density at radius 1 is 1.16 bits per heavy atom. The molecule has 4 rings (SSSR count). The maximum Gasteiger partial charge on any atom is 0.256 e. The van der Waals surface area contributed by atoms with Crippen LogP contribution in [0.15, 0.2) is 53.4 Å². The number of anilines is 1. The molecule has 0 saturated carbocycles. The van der Waals surface area contributed by atoms with Crippen molar-refractivity contribution in [2.24, 2.45) is 5.41 Å². The lowest BCUT2D eigenvalue weighted by Crippen LogP contribution is -2.57. The fraction of sp³-hybridized carbons (Fsp3) is 0.417. The van der Waals surface area contributed by atoms with Crippen molar-refractivity contribution < 1.29 is 4.79 Å². The van der Waals surface area contributed by atoms with Gasteiger partial charge >= 0.3 is 0 Å². The zero-order chi connectivity index (χ0) is 21.8. The number of halogens is 1. The fourth-order valence-corrected chi connectivity index (χ4v) is 5.13. The zero-order valence-corrected chi connectivity index (χ0v) is 19.6. The molecule has 3 aromatic rings. The Labute approximate surface area is 191 Å². The predicted molar refractivity (Wildman–Crippen MR) is 127 cm³/mol. The Morgan fingerprint density at radius 3 is 2.65 bits per heavy atom. The van der Waals surface area contributed by atoms with Crippen LogP contribution in [-0.4, -0.2) is 44.9 Å². The number of carbonyl (C=O) groups is 1. The van der Waals surface area contributed by atoms with Crippen molar-refractivity contribution in [1.82, 2.24) is 19.9 Å². The first-order valence-electron chi connectivity index (χ1n) is 10.9. The van der Waals surface area contributed by atoms with E-state index in [-0.39, 0.29) is 17.4 Å². The second-order valence-corrected chi connectivity index (χ2v) is 9.09. The highest BCUT2D eigenvalue weighted by Crippen LogP contribution is 2.42. The van der Waals surface area contributed by atoms with Gasteiger partial charge in [0.15, 0.2) is 0 Å². The third-order valence-electron chi connectivity index (χ3n) is 6.76. The van der Waals surface area contributed by atoms with Gasteiger partial charge < -0.3 is 10.2 Å². The van der Waals surface area contributed by atoms with E-state index in [9.17, 15) is 4.79 Å². The van der Waals surface area contributed by atoms with Gasteiger partial charge in [0.05, 0.1) is 21.6 Å². The molecule has 1 amide bonds. The van der Waals surface area contributed by atoms with Crippen LogP contribution in [0, 0.1) is 5.41 Å². The van der Waals surface area contributed by atoms with Crippen molar-refractivity contribution in [1.29, 1.82) is 0 Å². The van der Waals surface area contributed by atoms with E-state index < -0.39 is 0 Å². The van der Waals surface area contributed by atoms with Gasteiger partial charge in [-0.3, -0.25) is 9.78 Å². The number of pyridine rings is 1. The Hall–Kier alpha value is -2.54. The molecular weight excluding hydrogens is 454 g/mol. The van der Waals surface area contributed by atoms with Crippen molar-refractivity contribution in [2.45, 2.75) is 45.6 Å². The molecule has 0 radical (unpaired) electrons. The number of aromatic nitrogens is 3. The molecule has 0 aliphatic carbocycles. The summed E-state index contributed by atoms with van der Waals surface area (Å²) in [5.74, 6) is 0.632. The minimum absolute atomic E-state index is 0.0509. The highest BCUT2D eigenvalue weighted by atomic mass is 79.9. The molecular formula is C24H28BrN5O. The topological polar surface area (TPSA) is 71.0 Å².